The van der Waals surface area contributed by atoms with Gasteiger partial charge in [-0.25, -0.2) is 0 Å². The monoisotopic (exact) mass is 278 g/mol. The normalized spacial score (nSPS) is 9.92. The van der Waals surface area contributed by atoms with Crippen molar-refractivity contribution in [3.8, 4) is 5.75 Å². The molecule has 0 fully saturated rings. The van der Waals surface area contributed by atoms with Gasteiger partial charge in [0, 0.05) is 15.7 Å². The molecule has 66 valence electrons. The van der Waals surface area contributed by atoms with Gasteiger partial charge in [0.1, 0.15) is 5.75 Å². The van der Waals surface area contributed by atoms with Gasteiger partial charge in [-0.3, -0.25) is 11.3 Å². The summed E-state index contributed by atoms with van der Waals surface area (Å²) in [4.78, 5) is 0. The Morgan fingerprint density at radius 1 is 1.58 bits per heavy atom. The molecule has 0 saturated heterocycles. The highest BCUT2D eigenvalue weighted by atomic mass is 127. The molecule has 0 atom stereocenters. The molecule has 0 unspecified atom stereocenters. The Morgan fingerprint density at radius 3 is 2.92 bits per heavy atom. The summed E-state index contributed by atoms with van der Waals surface area (Å²) in [6.07, 6.45) is 0. The van der Waals surface area contributed by atoms with Crippen LogP contribution in [-0.4, -0.2) is 7.11 Å². The summed E-state index contributed by atoms with van der Waals surface area (Å²) in [5.74, 6) is 6.10. The molecular formula is C8H11IN2O. The van der Waals surface area contributed by atoms with Crippen LogP contribution in [0.1, 0.15) is 5.56 Å². The van der Waals surface area contributed by atoms with Crippen LogP contribution >= 0.6 is 22.6 Å². The van der Waals surface area contributed by atoms with E-state index in [1.807, 2.05) is 18.2 Å². The molecule has 0 aliphatic heterocycles. The van der Waals surface area contributed by atoms with Gasteiger partial charge in [-0.2, -0.15) is 0 Å². The Bertz CT molecular complexity index is 265. The second-order valence-corrected chi connectivity index (χ2v) is 3.58. The highest BCUT2D eigenvalue weighted by Gasteiger charge is 2.01. The number of ether oxygens (including phenoxy) is 1. The summed E-state index contributed by atoms with van der Waals surface area (Å²) in [6, 6.07) is 5.98. The van der Waals surface area contributed by atoms with Crippen LogP contribution in [0.15, 0.2) is 18.2 Å². The largest absolute Gasteiger partial charge is 0.496 e. The van der Waals surface area contributed by atoms with E-state index in [0.29, 0.717) is 6.54 Å². The zero-order valence-corrected chi connectivity index (χ0v) is 8.96. The van der Waals surface area contributed by atoms with E-state index in [2.05, 4.69) is 28.0 Å². The predicted octanol–water partition coefficient (Wildman–Crippen LogP) is 1.26. The molecule has 0 saturated carbocycles. The molecular weight excluding hydrogens is 267 g/mol. The maximum Gasteiger partial charge on any atom is 0.123 e. The Labute approximate surface area is 85.4 Å². The van der Waals surface area contributed by atoms with Crippen molar-refractivity contribution in [1.29, 1.82) is 0 Å². The quantitative estimate of drug-likeness (QED) is 0.497. The van der Waals surface area contributed by atoms with Crippen LogP contribution in [0, 0.1) is 3.57 Å². The molecule has 3 nitrogen and oxygen atoms in total. The third-order valence-electron chi connectivity index (χ3n) is 1.53. The van der Waals surface area contributed by atoms with E-state index in [0.717, 1.165) is 11.3 Å². The molecule has 0 radical (unpaired) electrons. The fourth-order valence-corrected chi connectivity index (χ4v) is 1.55. The summed E-state index contributed by atoms with van der Waals surface area (Å²) >= 11 is 2.25. The summed E-state index contributed by atoms with van der Waals surface area (Å²) in [6.45, 7) is 0.625. The molecule has 0 heterocycles. The molecule has 0 bridgehead atoms. The van der Waals surface area contributed by atoms with Gasteiger partial charge < -0.3 is 4.74 Å². The Kier molecular flexibility index (Phi) is 3.77. The first-order valence-corrected chi connectivity index (χ1v) is 4.61. The SMILES string of the molecule is COc1ccc(I)cc1CNN. The van der Waals surface area contributed by atoms with E-state index in [9.17, 15) is 0 Å². The van der Waals surface area contributed by atoms with Gasteiger partial charge in [-0.1, -0.05) is 0 Å². The molecule has 0 aliphatic carbocycles. The van der Waals surface area contributed by atoms with Crippen molar-refractivity contribution in [2.24, 2.45) is 5.84 Å². The van der Waals surface area contributed by atoms with Gasteiger partial charge in [0.2, 0.25) is 0 Å². The van der Waals surface area contributed by atoms with Crippen molar-refractivity contribution in [2.45, 2.75) is 6.54 Å². The van der Waals surface area contributed by atoms with Crippen molar-refractivity contribution in [2.75, 3.05) is 7.11 Å². The number of hydrogen-bond acceptors (Lipinski definition) is 3. The molecule has 3 N–H and O–H groups in total. The predicted molar refractivity (Wildman–Crippen MR) is 56.7 cm³/mol. The smallest absolute Gasteiger partial charge is 0.123 e. The fourth-order valence-electron chi connectivity index (χ4n) is 0.995. The molecule has 1 aromatic rings. The maximum absolute atomic E-state index is 5.23. The minimum atomic E-state index is 0.625. The molecule has 1 aromatic carbocycles. The number of methoxy groups -OCH3 is 1. The van der Waals surface area contributed by atoms with Crippen LogP contribution in [0.5, 0.6) is 5.75 Å². The molecule has 4 heteroatoms. The number of rotatable bonds is 3. The number of halogens is 1. The lowest BCUT2D eigenvalue weighted by Crippen LogP contribution is -2.21. The molecule has 0 amide bonds. The van der Waals surface area contributed by atoms with Crippen molar-refractivity contribution in [3.05, 3.63) is 27.3 Å². The molecule has 1 rings (SSSR count). The van der Waals surface area contributed by atoms with Crippen molar-refractivity contribution < 1.29 is 4.74 Å². The number of nitrogens with one attached hydrogen (secondary N) is 1. The number of benzene rings is 1. The van der Waals surface area contributed by atoms with E-state index in [4.69, 9.17) is 10.6 Å². The van der Waals surface area contributed by atoms with Crippen LogP contribution in [0.3, 0.4) is 0 Å². The van der Waals surface area contributed by atoms with Crippen LogP contribution in [0.4, 0.5) is 0 Å². The average molecular weight is 278 g/mol. The summed E-state index contributed by atoms with van der Waals surface area (Å²) in [7, 11) is 1.65. The van der Waals surface area contributed by atoms with Gasteiger partial charge in [-0.15, -0.1) is 0 Å². The lowest BCUT2D eigenvalue weighted by atomic mass is 10.2. The molecule has 0 spiro atoms. The minimum Gasteiger partial charge on any atom is -0.496 e. The standard InChI is InChI=1S/C8H11IN2O/c1-12-8-3-2-7(9)4-6(8)5-11-10/h2-4,11H,5,10H2,1H3. The van der Waals surface area contributed by atoms with Crippen molar-refractivity contribution in [3.63, 3.8) is 0 Å². The van der Waals surface area contributed by atoms with E-state index < -0.39 is 0 Å². The molecule has 12 heavy (non-hydrogen) atoms. The van der Waals surface area contributed by atoms with Gasteiger partial charge >= 0.3 is 0 Å². The van der Waals surface area contributed by atoms with Gasteiger partial charge in [0.25, 0.3) is 0 Å². The summed E-state index contributed by atoms with van der Waals surface area (Å²) < 4.78 is 6.33. The topological polar surface area (TPSA) is 47.3 Å². The van der Waals surface area contributed by atoms with Crippen LogP contribution < -0.4 is 16.0 Å². The molecule has 0 aliphatic rings. The van der Waals surface area contributed by atoms with Crippen LogP contribution in [-0.2, 0) is 6.54 Å². The number of nitrogens with two attached hydrogens (primary N) is 1. The molecule has 0 aromatic heterocycles. The van der Waals surface area contributed by atoms with Crippen LogP contribution in [0.2, 0.25) is 0 Å². The first-order valence-electron chi connectivity index (χ1n) is 3.54. The highest BCUT2D eigenvalue weighted by molar-refractivity contribution is 14.1. The van der Waals surface area contributed by atoms with E-state index in [1.54, 1.807) is 7.11 Å². The lowest BCUT2D eigenvalue weighted by molar-refractivity contribution is 0.408. The average Bonchev–Trinajstić information content (AvgIpc) is 2.05. The van der Waals surface area contributed by atoms with Crippen molar-refractivity contribution in [1.82, 2.24) is 5.43 Å². The number of hydrazine groups is 1. The third kappa shape index (κ3) is 2.33. The Morgan fingerprint density at radius 2 is 2.33 bits per heavy atom. The third-order valence-corrected chi connectivity index (χ3v) is 2.21. The van der Waals surface area contributed by atoms with Gasteiger partial charge in [-0.05, 0) is 40.8 Å². The Balaban J connectivity index is 2.95. The first kappa shape index (κ1) is 9.76. The minimum absolute atomic E-state index is 0.625. The highest BCUT2D eigenvalue weighted by Crippen LogP contribution is 2.20. The summed E-state index contributed by atoms with van der Waals surface area (Å²) in [5.41, 5.74) is 3.68. The second kappa shape index (κ2) is 4.64. The zero-order chi connectivity index (χ0) is 8.97. The zero-order valence-electron chi connectivity index (χ0n) is 6.80. The maximum atomic E-state index is 5.23. The van der Waals surface area contributed by atoms with Gasteiger partial charge in [0.05, 0.1) is 7.11 Å². The van der Waals surface area contributed by atoms with Gasteiger partial charge in [0.15, 0.2) is 0 Å². The van der Waals surface area contributed by atoms with E-state index >= 15 is 0 Å². The lowest BCUT2D eigenvalue weighted by Gasteiger charge is -2.07. The van der Waals surface area contributed by atoms with Crippen LogP contribution in [0.25, 0.3) is 0 Å². The van der Waals surface area contributed by atoms with E-state index in [-0.39, 0.29) is 0 Å². The Hall–Kier alpha value is -0.330. The second-order valence-electron chi connectivity index (χ2n) is 2.34. The summed E-state index contributed by atoms with van der Waals surface area (Å²) in [5, 5.41) is 0. The van der Waals surface area contributed by atoms with E-state index in [1.165, 1.54) is 3.57 Å². The van der Waals surface area contributed by atoms with Crippen molar-refractivity contribution >= 4 is 22.6 Å². The fraction of sp³-hybridized carbons (Fsp3) is 0.250. The first-order chi connectivity index (χ1) is 5.77. The number of hydrogen-bond donors (Lipinski definition) is 2.